The van der Waals surface area contributed by atoms with Crippen molar-refractivity contribution < 1.29 is 4.42 Å². The van der Waals surface area contributed by atoms with Gasteiger partial charge in [-0.2, -0.15) is 0 Å². The molecule has 90 valence electrons. The van der Waals surface area contributed by atoms with E-state index in [2.05, 4.69) is 45.2 Å². The van der Waals surface area contributed by atoms with Gasteiger partial charge in [-0.15, -0.1) is 10.2 Å². The standard InChI is InChI=1S/C12H13BrN2OS/c1-2-4-11-14-15-12(16-11)17-8-9-5-3-6-10(13)7-9/h3,5-7H,2,4,8H2,1H3. The predicted molar refractivity (Wildman–Crippen MR) is 72.0 cm³/mol. The molecule has 17 heavy (non-hydrogen) atoms. The highest BCUT2D eigenvalue weighted by Crippen LogP contribution is 2.23. The third-order valence-corrected chi connectivity index (χ3v) is 3.55. The molecule has 0 aliphatic carbocycles. The van der Waals surface area contributed by atoms with Gasteiger partial charge in [-0.1, -0.05) is 46.7 Å². The minimum Gasteiger partial charge on any atom is -0.416 e. The zero-order chi connectivity index (χ0) is 12.1. The first-order valence-electron chi connectivity index (χ1n) is 5.47. The number of aromatic nitrogens is 2. The second kappa shape index (κ2) is 6.21. The Morgan fingerprint density at radius 2 is 2.24 bits per heavy atom. The molecule has 0 spiro atoms. The van der Waals surface area contributed by atoms with Crippen molar-refractivity contribution in [2.75, 3.05) is 0 Å². The molecule has 0 N–H and O–H groups in total. The van der Waals surface area contributed by atoms with Gasteiger partial charge in [-0.05, 0) is 24.1 Å². The summed E-state index contributed by atoms with van der Waals surface area (Å²) in [6.45, 7) is 2.10. The van der Waals surface area contributed by atoms with Gasteiger partial charge in [0.25, 0.3) is 5.22 Å². The first-order valence-corrected chi connectivity index (χ1v) is 7.25. The molecule has 1 aromatic carbocycles. The molecule has 1 heterocycles. The minimum atomic E-state index is 0.647. The Bertz CT molecular complexity index is 487. The van der Waals surface area contributed by atoms with Crippen molar-refractivity contribution in [1.82, 2.24) is 10.2 Å². The molecular weight excluding hydrogens is 300 g/mol. The monoisotopic (exact) mass is 312 g/mol. The second-order valence-corrected chi connectivity index (χ2v) is 5.47. The van der Waals surface area contributed by atoms with Gasteiger partial charge >= 0.3 is 0 Å². The maximum Gasteiger partial charge on any atom is 0.276 e. The van der Waals surface area contributed by atoms with Gasteiger partial charge in [-0.25, -0.2) is 0 Å². The summed E-state index contributed by atoms with van der Waals surface area (Å²) in [5.41, 5.74) is 1.24. The van der Waals surface area contributed by atoms with Crippen molar-refractivity contribution in [2.45, 2.75) is 30.7 Å². The fourth-order valence-corrected chi connectivity index (χ4v) is 2.55. The Balaban J connectivity index is 1.93. The molecule has 3 nitrogen and oxygen atoms in total. The van der Waals surface area contributed by atoms with E-state index in [0.29, 0.717) is 5.22 Å². The number of benzene rings is 1. The van der Waals surface area contributed by atoms with Crippen molar-refractivity contribution in [3.8, 4) is 0 Å². The summed E-state index contributed by atoms with van der Waals surface area (Å²) in [6.07, 6.45) is 1.88. The molecule has 0 fully saturated rings. The topological polar surface area (TPSA) is 38.9 Å². The highest BCUT2D eigenvalue weighted by Gasteiger charge is 2.06. The van der Waals surface area contributed by atoms with Crippen LogP contribution in [0.25, 0.3) is 0 Å². The smallest absolute Gasteiger partial charge is 0.276 e. The van der Waals surface area contributed by atoms with Crippen LogP contribution in [0.5, 0.6) is 0 Å². The molecule has 0 amide bonds. The number of thioether (sulfide) groups is 1. The Kier molecular flexibility index (Phi) is 4.62. The van der Waals surface area contributed by atoms with Gasteiger partial charge in [0.15, 0.2) is 0 Å². The number of nitrogens with zero attached hydrogens (tertiary/aromatic N) is 2. The van der Waals surface area contributed by atoms with Gasteiger partial charge in [0.05, 0.1) is 0 Å². The molecule has 0 saturated heterocycles. The summed E-state index contributed by atoms with van der Waals surface area (Å²) in [5.74, 6) is 1.57. The maximum atomic E-state index is 5.51. The molecule has 0 aliphatic rings. The van der Waals surface area contributed by atoms with E-state index in [1.165, 1.54) is 5.56 Å². The molecule has 0 radical (unpaired) electrons. The van der Waals surface area contributed by atoms with Gasteiger partial charge in [-0.3, -0.25) is 0 Å². The van der Waals surface area contributed by atoms with E-state index in [1.807, 2.05) is 12.1 Å². The predicted octanol–water partition coefficient (Wildman–Crippen LogP) is 4.08. The molecule has 0 atom stereocenters. The fourth-order valence-electron chi connectivity index (χ4n) is 1.38. The van der Waals surface area contributed by atoms with Gasteiger partial charge in [0, 0.05) is 16.6 Å². The van der Waals surface area contributed by atoms with Crippen LogP contribution in [0.3, 0.4) is 0 Å². The average molecular weight is 313 g/mol. The Labute approximate surface area is 113 Å². The summed E-state index contributed by atoms with van der Waals surface area (Å²) in [5, 5.41) is 8.64. The first-order chi connectivity index (χ1) is 8.28. The number of hydrogen-bond acceptors (Lipinski definition) is 4. The second-order valence-electron chi connectivity index (χ2n) is 3.63. The fraction of sp³-hybridized carbons (Fsp3) is 0.333. The molecule has 2 aromatic rings. The third kappa shape index (κ3) is 3.85. The van der Waals surface area contributed by atoms with Crippen LogP contribution >= 0.6 is 27.7 Å². The van der Waals surface area contributed by atoms with Crippen LogP contribution in [0.4, 0.5) is 0 Å². The van der Waals surface area contributed by atoms with Crippen LogP contribution in [0.2, 0.25) is 0 Å². The largest absolute Gasteiger partial charge is 0.416 e. The number of aryl methyl sites for hydroxylation is 1. The number of hydrogen-bond donors (Lipinski definition) is 0. The van der Waals surface area contributed by atoms with E-state index >= 15 is 0 Å². The molecule has 0 bridgehead atoms. The minimum absolute atomic E-state index is 0.647. The summed E-state index contributed by atoms with van der Waals surface area (Å²) in [6, 6.07) is 8.22. The van der Waals surface area contributed by atoms with Gasteiger partial charge < -0.3 is 4.42 Å². The van der Waals surface area contributed by atoms with Crippen LogP contribution in [0.15, 0.2) is 38.4 Å². The van der Waals surface area contributed by atoms with Crippen LogP contribution in [0, 0.1) is 0 Å². The van der Waals surface area contributed by atoms with E-state index in [9.17, 15) is 0 Å². The first kappa shape index (κ1) is 12.6. The van der Waals surface area contributed by atoms with E-state index in [1.54, 1.807) is 11.8 Å². The van der Waals surface area contributed by atoms with Crippen LogP contribution < -0.4 is 0 Å². The highest BCUT2D eigenvalue weighted by atomic mass is 79.9. The third-order valence-electron chi connectivity index (χ3n) is 2.16. The lowest BCUT2D eigenvalue weighted by Gasteiger charge is -1.98. The van der Waals surface area contributed by atoms with Crippen molar-refractivity contribution in [2.24, 2.45) is 0 Å². The molecule has 0 saturated carbocycles. The highest BCUT2D eigenvalue weighted by molar-refractivity contribution is 9.10. The quantitative estimate of drug-likeness (QED) is 0.780. The Morgan fingerprint density at radius 3 is 3.00 bits per heavy atom. The maximum absolute atomic E-state index is 5.51. The van der Waals surface area contributed by atoms with Crippen molar-refractivity contribution >= 4 is 27.7 Å². The van der Waals surface area contributed by atoms with E-state index in [4.69, 9.17) is 4.42 Å². The summed E-state index contributed by atoms with van der Waals surface area (Å²) in [7, 11) is 0. The van der Waals surface area contributed by atoms with Gasteiger partial charge in [0.2, 0.25) is 5.89 Å². The van der Waals surface area contributed by atoms with Crippen LogP contribution in [-0.2, 0) is 12.2 Å². The van der Waals surface area contributed by atoms with Crippen molar-refractivity contribution in [1.29, 1.82) is 0 Å². The lowest BCUT2D eigenvalue weighted by Crippen LogP contribution is -1.80. The van der Waals surface area contributed by atoms with Crippen LogP contribution in [0.1, 0.15) is 24.8 Å². The Morgan fingerprint density at radius 1 is 1.35 bits per heavy atom. The zero-order valence-electron chi connectivity index (χ0n) is 9.52. The van der Waals surface area contributed by atoms with Crippen molar-refractivity contribution in [3.05, 3.63) is 40.2 Å². The van der Waals surface area contributed by atoms with E-state index in [-0.39, 0.29) is 0 Å². The average Bonchev–Trinajstić information content (AvgIpc) is 2.75. The number of rotatable bonds is 5. The lowest BCUT2D eigenvalue weighted by molar-refractivity contribution is 0.411. The Hall–Kier alpha value is -0.810. The van der Waals surface area contributed by atoms with Crippen molar-refractivity contribution in [3.63, 3.8) is 0 Å². The zero-order valence-corrected chi connectivity index (χ0v) is 11.9. The molecule has 2 rings (SSSR count). The normalized spacial score (nSPS) is 10.7. The molecular formula is C12H13BrN2OS. The molecule has 1 aromatic heterocycles. The molecule has 0 unspecified atom stereocenters. The summed E-state index contributed by atoms with van der Waals surface area (Å²) in [4.78, 5) is 0. The SMILES string of the molecule is CCCc1nnc(SCc2cccc(Br)c2)o1. The molecule has 5 heteroatoms. The van der Waals surface area contributed by atoms with E-state index < -0.39 is 0 Å². The summed E-state index contributed by atoms with van der Waals surface area (Å²) < 4.78 is 6.60. The van der Waals surface area contributed by atoms with Gasteiger partial charge in [0.1, 0.15) is 0 Å². The van der Waals surface area contributed by atoms with Crippen LogP contribution in [-0.4, -0.2) is 10.2 Å². The number of halogens is 1. The lowest BCUT2D eigenvalue weighted by atomic mass is 10.2. The summed E-state index contributed by atoms with van der Waals surface area (Å²) >= 11 is 5.02. The molecule has 0 aliphatic heterocycles. The van der Waals surface area contributed by atoms with E-state index in [0.717, 1.165) is 29.0 Å².